The minimum atomic E-state index is -0.575. The Balaban J connectivity index is 2.95. The summed E-state index contributed by atoms with van der Waals surface area (Å²) in [6, 6.07) is 8.88. The number of hydrogen-bond acceptors (Lipinski definition) is 3. The zero-order chi connectivity index (χ0) is 10.1. The standard InChI is InChI=1S/C11H7NO2/c1-7-3-2-4-8-5-9(6-12)11(13)14-10(7)8/h2-5H,1H3. The van der Waals surface area contributed by atoms with Crippen molar-refractivity contribution in [2.45, 2.75) is 6.92 Å². The third-order valence-corrected chi connectivity index (χ3v) is 2.08. The van der Waals surface area contributed by atoms with Gasteiger partial charge in [0, 0.05) is 5.39 Å². The van der Waals surface area contributed by atoms with Gasteiger partial charge in [-0.05, 0) is 18.6 Å². The molecule has 0 saturated carbocycles. The average Bonchev–Trinajstić information content (AvgIpc) is 2.19. The molecule has 14 heavy (non-hydrogen) atoms. The first-order valence-electron chi connectivity index (χ1n) is 4.16. The van der Waals surface area contributed by atoms with E-state index in [9.17, 15) is 4.79 Å². The summed E-state index contributed by atoms with van der Waals surface area (Å²) in [5, 5.41) is 9.42. The monoisotopic (exact) mass is 185 g/mol. The third kappa shape index (κ3) is 1.17. The Morgan fingerprint density at radius 2 is 2.21 bits per heavy atom. The molecule has 0 radical (unpaired) electrons. The molecule has 68 valence electrons. The van der Waals surface area contributed by atoms with Crippen molar-refractivity contribution in [2.75, 3.05) is 0 Å². The number of nitriles is 1. The van der Waals surface area contributed by atoms with E-state index in [1.165, 1.54) is 0 Å². The Morgan fingerprint density at radius 1 is 1.43 bits per heavy atom. The zero-order valence-electron chi connectivity index (χ0n) is 7.57. The summed E-state index contributed by atoms with van der Waals surface area (Å²) in [5.74, 6) is 0. The van der Waals surface area contributed by atoms with E-state index < -0.39 is 5.63 Å². The Labute approximate surface area is 80.2 Å². The van der Waals surface area contributed by atoms with Crippen LogP contribution in [0.25, 0.3) is 11.0 Å². The SMILES string of the molecule is Cc1cccc2cc(C#N)c(=O)oc12. The molecule has 0 aliphatic carbocycles. The van der Waals surface area contributed by atoms with E-state index >= 15 is 0 Å². The Hall–Kier alpha value is -2.08. The Kier molecular flexibility index (Phi) is 1.83. The predicted octanol–water partition coefficient (Wildman–Crippen LogP) is 1.97. The van der Waals surface area contributed by atoms with Gasteiger partial charge in [0.1, 0.15) is 17.2 Å². The van der Waals surface area contributed by atoms with Gasteiger partial charge >= 0.3 is 5.63 Å². The van der Waals surface area contributed by atoms with Crippen molar-refractivity contribution in [1.29, 1.82) is 5.26 Å². The lowest BCUT2D eigenvalue weighted by atomic mass is 10.1. The lowest BCUT2D eigenvalue weighted by Crippen LogP contribution is -2.03. The molecule has 0 fully saturated rings. The maximum absolute atomic E-state index is 11.2. The zero-order valence-corrected chi connectivity index (χ0v) is 7.57. The number of benzene rings is 1. The second kappa shape index (κ2) is 3.00. The average molecular weight is 185 g/mol. The Morgan fingerprint density at radius 3 is 2.93 bits per heavy atom. The molecule has 1 heterocycles. The summed E-state index contributed by atoms with van der Waals surface area (Å²) in [6.07, 6.45) is 0. The highest BCUT2D eigenvalue weighted by molar-refractivity contribution is 5.80. The summed E-state index contributed by atoms with van der Waals surface area (Å²) in [4.78, 5) is 11.2. The van der Waals surface area contributed by atoms with Crippen molar-refractivity contribution in [3.05, 3.63) is 45.8 Å². The van der Waals surface area contributed by atoms with Gasteiger partial charge in [0.15, 0.2) is 0 Å². The molecule has 0 bridgehead atoms. The van der Waals surface area contributed by atoms with Gasteiger partial charge < -0.3 is 4.42 Å². The summed E-state index contributed by atoms with van der Waals surface area (Å²) < 4.78 is 5.04. The van der Waals surface area contributed by atoms with Gasteiger partial charge in [0.2, 0.25) is 0 Å². The van der Waals surface area contributed by atoms with Crippen LogP contribution in [0.1, 0.15) is 11.1 Å². The smallest absolute Gasteiger partial charge is 0.354 e. The van der Waals surface area contributed by atoms with Gasteiger partial charge in [-0.15, -0.1) is 0 Å². The minimum Gasteiger partial charge on any atom is -0.421 e. The molecule has 0 unspecified atom stereocenters. The Bertz CT molecular complexity index is 590. The van der Waals surface area contributed by atoms with Crippen LogP contribution in [-0.4, -0.2) is 0 Å². The van der Waals surface area contributed by atoms with E-state index in [1.54, 1.807) is 12.1 Å². The third-order valence-electron chi connectivity index (χ3n) is 2.08. The fraction of sp³-hybridized carbons (Fsp3) is 0.0909. The maximum Gasteiger partial charge on any atom is 0.354 e. The number of hydrogen-bond donors (Lipinski definition) is 0. The second-order valence-electron chi connectivity index (χ2n) is 3.05. The largest absolute Gasteiger partial charge is 0.421 e. The molecule has 0 aliphatic rings. The van der Waals surface area contributed by atoms with E-state index in [0.29, 0.717) is 5.58 Å². The molecule has 1 aromatic heterocycles. The molecule has 1 aromatic carbocycles. The van der Waals surface area contributed by atoms with E-state index in [-0.39, 0.29) is 5.56 Å². The number of rotatable bonds is 0. The number of aryl methyl sites for hydroxylation is 1. The number of fused-ring (bicyclic) bond motifs is 1. The van der Waals surface area contributed by atoms with Crippen molar-refractivity contribution in [3.63, 3.8) is 0 Å². The van der Waals surface area contributed by atoms with Crippen molar-refractivity contribution in [1.82, 2.24) is 0 Å². The topological polar surface area (TPSA) is 54.0 Å². The van der Waals surface area contributed by atoms with Gasteiger partial charge in [0.05, 0.1) is 0 Å². The van der Waals surface area contributed by atoms with Gasteiger partial charge in [-0.1, -0.05) is 18.2 Å². The lowest BCUT2D eigenvalue weighted by Gasteiger charge is -1.99. The van der Waals surface area contributed by atoms with Crippen LogP contribution >= 0.6 is 0 Å². The molecular weight excluding hydrogens is 178 g/mol. The first-order chi connectivity index (χ1) is 6.72. The number of nitrogens with zero attached hydrogens (tertiary/aromatic N) is 1. The van der Waals surface area contributed by atoms with Crippen molar-refractivity contribution >= 4 is 11.0 Å². The van der Waals surface area contributed by atoms with E-state index in [1.807, 2.05) is 25.1 Å². The molecule has 0 spiro atoms. The highest BCUT2D eigenvalue weighted by Gasteiger charge is 2.05. The van der Waals surface area contributed by atoms with Crippen LogP contribution in [0.2, 0.25) is 0 Å². The summed E-state index contributed by atoms with van der Waals surface area (Å²) in [5.41, 5.74) is 0.915. The summed E-state index contributed by atoms with van der Waals surface area (Å²) in [6.45, 7) is 1.86. The normalized spacial score (nSPS) is 10.0. The maximum atomic E-state index is 11.2. The van der Waals surface area contributed by atoms with Crippen LogP contribution in [0, 0.1) is 18.3 Å². The molecule has 0 amide bonds. The molecule has 0 saturated heterocycles. The molecule has 3 nitrogen and oxygen atoms in total. The molecule has 0 aliphatic heterocycles. The highest BCUT2D eigenvalue weighted by Crippen LogP contribution is 2.16. The predicted molar refractivity (Wildman–Crippen MR) is 51.9 cm³/mol. The van der Waals surface area contributed by atoms with Crippen LogP contribution in [0.15, 0.2) is 33.5 Å². The van der Waals surface area contributed by atoms with Gasteiger partial charge in [0.25, 0.3) is 0 Å². The fourth-order valence-corrected chi connectivity index (χ4v) is 1.37. The number of para-hydroxylation sites is 1. The minimum absolute atomic E-state index is 0.0445. The summed E-state index contributed by atoms with van der Waals surface area (Å²) >= 11 is 0. The van der Waals surface area contributed by atoms with Gasteiger partial charge in [-0.2, -0.15) is 5.26 Å². The highest BCUT2D eigenvalue weighted by atomic mass is 16.4. The van der Waals surface area contributed by atoms with Crippen LogP contribution in [0.5, 0.6) is 0 Å². The molecule has 0 N–H and O–H groups in total. The quantitative estimate of drug-likeness (QED) is 0.589. The van der Waals surface area contributed by atoms with E-state index in [2.05, 4.69) is 0 Å². The molecule has 2 rings (SSSR count). The van der Waals surface area contributed by atoms with Crippen LogP contribution < -0.4 is 5.63 Å². The van der Waals surface area contributed by atoms with Gasteiger partial charge in [-0.3, -0.25) is 0 Å². The van der Waals surface area contributed by atoms with Crippen molar-refractivity contribution in [2.24, 2.45) is 0 Å². The molecular formula is C11H7NO2. The first-order valence-corrected chi connectivity index (χ1v) is 4.16. The lowest BCUT2D eigenvalue weighted by molar-refractivity contribution is 0.556. The van der Waals surface area contributed by atoms with E-state index in [0.717, 1.165) is 10.9 Å². The van der Waals surface area contributed by atoms with Crippen LogP contribution in [0.4, 0.5) is 0 Å². The van der Waals surface area contributed by atoms with E-state index in [4.69, 9.17) is 9.68 Å². The van der Waals surface area contributed by atoms with Crippen LogP contribution in [0.3, 0.4) is 0 Å². The van der Waals surface area contributed by atoms with Crippen LogP contribution in [-0.2, 0) is 0 Å². The summed E-state index contributed by atoms with van der Waals surface area (Å²) in [7, 11) is 0. The second-order valence-corrected chi connectivity index (χ2v) is 3.05. The molecule has 0 atom stereocenters. The fourth-order valence-electron chi connectivity index (χ4n) is 1.37. The molecule has 3 heteroatoms. The van der Waals surface area contributed by atoms with Crippen molar-refractivity contribution in [3.8, 4) is 6.07 Å². The molecule has 2 aromatic rings. The van der Waals surface area contributed by atoms with Gasteiger partial charge in [-0.25, -0.2) is 4.79 Å². The first kappa shape index (κ1) is 8.52. The van der Waals surface area contributed by atoms with Crippen molar-refractivity contribution < 1.29 is 4.42 Å².